The van der Waals surface area contributed by atoms with Gasteiger partial charge in [0.2, 0.25) is 5.91 Å². The Morgan fingerprint density at radius 2 is 1.60 bits per heavy atom. The van der Waals surface area contributed by atoms with Gasteiger partial charge in [0.1, 0.15) is 0 Å². The van der Waals surface area contributed by atoms with E-state index in [9.17, 15) is 9.59 Å². The van der Waals surface area contributed by atoms with Crippen molar-refractivity contribution in [2.75, 3.05) is 5.32 Å². The number of aryl methyl sites for hydroxylation is 3. The fraction of sp³-hybridized carbons (Fsp3) is 0.250. The lowest BCUT2D eigenvalue weighted by Crippen LogP contribution is -2.21. The van der Waals surface area contributed by atoms with Crippen molar-refractivity contribution >= 4 is 23.2 Å². The van der Waals surface area contributed by atoms with Crippen LogP contribution in [0.4, 0.5) is 5.69 Å². The largest absolute Gasteiger partial charge is 0.325 e. The molecule has 0 unspecified atom stereocenters. The molecule has 0 aliphatic carbocycles. The number of carbonyl (C=O) groups is 2. The first-order valence-corrected chi connectivity index (χ1v) is 8.13. The van der Waals surface area contributed by atoms with Crippen molar-refractivity contribution in [3.63, 3.8) is 0 Å². The molecule has 5 nitrogen and oxygen atoms in total. The summed E-state index contributed by atoms with van der Waals surface area (Å²) in [6.45, 7) is 7.67. The van der Waals surface area contributed by atoms with Gasteiger partial charge in [0.25, 0.3) is 5.91 Å². The molecule has 5 heteroatoms. The Morgan fingerprint density at radius 1 is 1.00 bits per heavy atom. The standard InChI is InChI=1S/C20H23N3O2/c1-13-10-14(2)19(15(3)11-13)21-18(24)12-16(4)22-23-20(25)17-8-6-5-7-9-17/h5-11H,12H2,1-4H3,(H,21,24)(H,23,25). The molecule has 2 amide bonds. The average molecular weight is 337 g/mol. The molecule has 2 N–H and O–H groups in total. The minimum absolute atomic E-state index is 0.113. The molecule has 0 aliphatic rings. The zero-order valence-electron chi connectivity index (χ0n) is 15.0. The minimum Gasteiger partial charge on any atom is -0.325 e. The van der Waals surface area contributed by atoms with Crippen molar-refractivity contribution in [3.8, 4) is 0 Å². The summed E-state index contributed by atoms with van der Waals surface area (Å²) in [6.07, 6.45) is 0.113. The highest BCUT2D eigenvalue weighted by molar-refractivity contribution is 6.06. The Balaban J connectivity index is 1.95. The topological polar surface area (TPSA) is 70.6 Å². The third-order valence-corrected chi connectivity index (χ3v) is 3.74. The molecule has 0 spiro atoms. The van der Waals surface area contributed by atoms with E-state index in [2.05, 4.69) is 15.8 Å². The Morgan fingerprint density at radius 3 is 2.20 bits per heavy atom. The van der Waals surface area contributed by atoms with Crippen LogP contribution in [0.25, 0.3) is 0 Å². The van der Waals surface area contributed by atoms with E-state index in [0.717, 1.165) is 22.4 Å². The summed E-state index contributed by atoms with van der Waals surface area (Å²) in [5.41, 5.74) is 7.56. The van der Waals surface area contributed by atoms with E-state index in [0.29, 0.717) is 11.3 Å². The highest BCUT2D eigenvalue weighted by atomic mass is 16.2. The molecule has 0 saturated heterocycles. The van der Waals surface area contributed by atoms with E-state index in [1.165, 1.54) is 0 Å². The fourth-order valence-corrected chi connectivity index (χ4v) is 2.63. The Labute approximate surface area is 148 Å². The molecule has 0 aromatic heterocycles. The number of nitrogens with zero attached hydrogens (tertiary/aromatic N) is 1. The van der Waals surface area contributed by atoms with Gasteiger partial charge in [0.05, 0.1) is 6.42 Å². The molecule has 0 heterocycles. The number of amides is 2. The molecule has 0 atom stereocenters. The van der Waals surface area contributed by atoms with E-state index in [1.54, 1.807) is 31.2 Å². The Hall–Kier alpha value is -2.95. The lowest BCUT2D eigenvalue weighted by molar-refractivity contribution is -0.115. The van der Waals surface area contributed by atoms with Crippen LogP contribution in [-0.4, -0.2) is 17.5 Å². The summed E-state index contributed by atoms with van der Waals surface area (Å²) >= 11 is 0. The summed E-state index contributed by atoms with van der Waals surface area (Å²) in [5, 5.41) is 6.92. The normalized spacial score (nSPS) is 11.1. The molecule has 2 aromatic rings. The van der Waals surface area contributed by atoms with Crippen LogP contribution in [-0.2, 0) is 4.79 Å². The summed E-state index contributed by atoms with van der Waals surface area (Å²) in [6, 6.07) is 12.9. The van der Waals surface area contributed by atoms with Gasteiger partial charge < -0.3 is 5.32 Å². The first-order valence-electron chi connectivity index (χ1n) is 8.13. The number of hydrogen-bond acceptors (Lipinski definition) is 3. The average Bonchev–Trinajstić information content (AvgIpc) is 2.56. The van der Waals surface area contributed by atoms with Crippen LogP contribution >= 0.6 is 0 Å². The fourth-order valence-electron chi connectivity index (χ4n) is 2.63. The first-order chi connectivity index (χ1) is 11.9. The van der Waals surface area contributed by atoms with Crippen molar-refractivity contribution in [1.82, 2.24) is 5.43 Å². The molecule has 0 radical (unpaired) electrons. The van der Waals surface area contributed by atoms with E-state index < -0.39 is 0 Å². The molecular weight excluding hydrogens is 314 g/mol. The van der Waals surface area contributed by atoms with Crippen molar-refractivity contribution in [3.05, 3.63) is 64.7 Å². The molecular formula is C20H23N3O2. The summed E-state index contributed by atoms with van der Waals surface area (Å²) in [7, 11) is 0. The van der Waals surface area contributed by atoms with Gasteiger partial charge in [0.15, 0.2) is 0 Å². The maximum atomic E-state index is 12.2. The molecule has 2 aromatic carbocycles. The van der Waals surface area contributed by atoms with Crippen molar-refractivity contribution in [2.24, 2.45) is 5.10 Å². The third-order valence-electron chi connectivity index (χ3n) is 3.74. The smallest absolute Gasteiger partial charge is 0.271 e. The highest BCUT2D eigenvalue weighted by Crippen LogP contribution is 2.22. The van der Waals surface area contributed by atoms with Crippen molar-refractivity contribution in [2.45, 2.75) is 34.1 Å². The summed E-state index contributed by atoms with van der Waals surface area (Å²) in [5.74, 6) is -0.462. The zero-order chi connectivity index (χ0) is 18.4. The second kappa shape index (κ2) is 8.24. The second-order valence-electron chi connectivity index (χ2n) is 6.15. The van der Waals surface area contributed by atoms with Crippen LogP contribution in [0.1, 0.15) is 40.4 Å². The molecule has 2 rings (SSSR count). The van der Waals surface area contributed by atoms with Crippen LogP contribution in [0.5, 0.6) is 0 Å². The highest BCUT2D eigenvalue weighted by Gasteiger charge is 2.10. The van der Waals surface area contributed by atoms with Crippen LogP contribution in [0.2, 0.25) is 0 Å². The third kappa shape index (κ3) is 5.28. The van der Waals surface area contributed by atoms with Gasteiger partial charge in [-0.1, -0.05) is 35.9 Å². The maximum Gasteiger partial charge on any atom is 0.271 e. The predicted octanol–water partition coefficient (Wildman–Crippen LogP) is 3.75. The van der Waals surface area contributed by atoms with Crippen LogP contribution < -0.4 is 10.7 Å². The van der Waals surface area contributed by atoms with E-state index in [4.69, 9.17) is 0 Å². The Kier molecular flexibility index (Phi) is 6.06. The first kappa shape index (κ1) is 18.4. The summed E-state index contributed by atoms with van der Waals surface area (Å²) in [4.78, 5) is 24.2. The van der Waals surface area contributed by atoms with E-state index in [-0.39, 0.29) is 18.2 Å². The lowest BCUT2D eigenvalue weighted by atomic mass is 10.0. The summed E-state index contributed by atoms with van der Waals surface area (Å²) < 4.78 is 0. The molecule has 0 aliphatic heterocycles. The maximum absolute atomic E-state index is 12.2. The monoisotopic (exact) mass is 337 g/mol. The number of nitrogens with one attached hydrogen (secondary N) is 2. The van der Waals surface area contributed by atoms with Crippen LogP contribution in [0, 0.1) is 20.8 Å². The SMILES string of the molecule is CC(CC(=O)Nc1c(C)cc(C)cc1C)=NNC(=O)c1ccccc1. The zero-order valence-corrected chi connectivity index (χ0v) is 15.0. The molecule has 0 saturated carbocycles. The van der Waals surface area contributed by atoms with Crippen molar-refractivity contribution < 1.29 is 9.59 Å². The predicted molar refractivity (Wildman–Crippen MR) is 101 cm³/mol. The molecule has 0 fully saturated rings. The van der Waals surface area contributed by atoms with E-state index >= 15 is 0 Å². The lowest BCUT2D eigenvalue weighted by Gasteiger charge is -2.12. The van der Waals surface area contributed by atoms with Gasteiger partial charge in [-0.3, -0.25) is 9.59 Å². The second-order valence-corrected chi connectivity index (χ2v) is 6.15. The van der Waals surface area contributed by atoms with Crippen LogP contribution in [0.15, 0.2) is 47.6 Å². The number of anilines is 1. The number of hydrogen-bond donors (Lipinski definition) is 2. The number of rotatable bonds is 5. The quantitative estimate of drug-likeness (QED) is 0.644. The Bertz CT molecular complexity index is 788. The van der Waals surface area contributed by atoms with Crippen LogP contribution in [0.3, 0.4) is 0 Å². The number of hydrazone groups is 1. The van der Waals surface area contributed by atoms with Gasteiger partial charge in [-0.25, -0.2) is 5.43 Å². The molecule has 25 heavy (non-hydrogen) atoms. The molecule has 0 bridgehead atoms. The van der Waals surface area contributed by atoms with Crippen molar-refractivity contribution in [1.29, 1.82) is 0 Å². The van der Waals surface area contributed by atoms with Gasteiger partial charge in [-0.15, -0.1) is 0 Å². The van der Waals surface area contributed by atoms with Gasteiger partial charge in [-0.2, -0.15) is 5.10 Å². The van der Waals surface area contributed by atoms with Gasteiger partial charge in [0, 0.05) is 17.0 Å². The molecule has 130 valence electrons. The van der Waals surface area contributed by atoms with E-state index in [1.807, 2.05) is 39.0 Å². The van der Waals surface area contributed by atoms with Gasteiger partial charge >= 0.3 is 0 Å². The number of carbonyl (C=O) groups excluding carboxylic acids is 2. The minimum atomic E-state index is -0.300. The van der Waals surface area contributed by atoms with Gasteiger partial charge in [-0.05, 0) is 51.0 Å². The number of benzene rings is 2.